The highest BCUT2D eigenvalue weighted by Crippen LogP contribution is 2.39. The fourth-order valence-electron chi connectivity index (χ4n) is 10.1. The zero-order valence-corrected chi connectivity index (χ0v) is 35.9. The first-order chi connectivity index (χ1) is 30.8. The molecule has 0 unspecified atom stereocenters. The minimum atomic E-state index is -0.697. The molecule has 0 aliphatic carbocycles. The summed E-state index contributed by atoms with van der Waals surface area (Å²) >= 11 is 0. The maximum Gasteiger partial charge on any atom is 0.407 e. The van der Waals surface area contributed by atoms with E-state index in [9.17, 15) is 19.2 Å². The number of likely N-dealkylation sites (tertiary alicyclic amines) is 2. The van der Waals surface area contributed by atoms with Crippen LogP contribution in [0.5, 0.6) is 0 Å². The van der Waals surface area contributed by atoms with Crippen LogP contribution in [0.25, 0.3) is 33.6 Å². The number of methoxy groups -OCH3 is 2. The molecule has 7 heterocycles. The number of aromatic nitrogens is 4. The molecule has 17 nitrogen and oxygen atoms in total. The van der Waals surface area contributed by atoms with E-state index in [-0.39, 0.29) is 35.7 Å². The molecule has 5 aliphatic heterocycles. The highest BCUT2D eigenvalue weighted by Gasteiger charge is 2.42. The lowest BCUT2D eigenvalue weighted by Crippen LogP contribution is -2.53. The predicted octanol–water partition coefficient (Wildman–Crippen LogP) is 5.79. The van der Waals surface area contributed by atoms with Gasteiger partial charge in [0.05, 0.1) is 63.3 Å². The summed E-state index contributed by atoms with van der Waals surface area (Å²) in [7, 11) is 2.62. The van der Waals surface area contributed by atoms with E-state index >= 15 is 0 Å². The van der Waals surface area contributed by atoms with Crippen molar-refractivity contribution < 1.29 is 42.9 Å². The maximum atomic E-state index is 14.1. The third kappa shape index (κ3) is 8.91. The molecule has 9 rings (SSSR count). The molecule has 17 heteroatoms. The van der Waals surface area contributed by atoms with Gasteiger partial charge in [-0.15, -0.1) is 0 Å². The summed E-state index contributed by atoms with van der Waals surface area (Å²) in [6.07, 6.45) is 8.34. The molecule has 0 bridgehead atoms. The van der Waals surface area contributed by atoms with E-state index < -0.39 is 24.3 Å². The number of ether oxygens (including phenoxy) is 5. The molecule has 4 N–H and O–H groups in total. The quantitative estimate of drug-likeness (QED) is 0.150. The van der Waals surface area contributed by atoms with Crippen molar-refractivity contribution in [2.45, 2.75) is 88.7 Å². The molecule has 2 aromatic carbocycles. The number of fused-ring (bicyclic) bond motifs is 3. The lowest BCUT2D eigenvalue weighted by molar-refractivity contribution is -0.137. The third-order valence-electron chi connectivity index (χ3n) is 13.5. The number of aromatic amines is 2. The Morgan fingerprint density at radius 3 is 1.48 bits per heavy atom. The summed E-state index contributed by atoms with van der Waals surface area (Å²) in [6, 6.07) is 10.8. The topological polar surface area (TPSA) is 202 Å². The predicted molar refractivity (Wildman–Crippen MR) is 229 cm³/mol. The number of rotatable bonds is 10. The van der Waals surface area contributed by atoms with Crippen molar-refractivity contribution in [1.82, 2.24) is 40.4 Å². The lowest BCUT2D eigenvalue weighted by Gasteiger charge is -2.34. The molecule has 334 valence electrons. The van der Waals surface area contributed by atoms with Crippen molar-refractivity contribution in [2.75, 3.05) is 53.7 Å². The Hall–Kier alpha value is -5.78. The second-order valence-corrected chi connectivity index (χ2v) is 17.1. The van der Waals surface area contributed by atoms with Crippen LogP contribution in [0.4, 0.5) is 9.59 Å². The number of H-pyrrole nitrogens is 2. The van der Waals surface area contributed by atoms with Gasteiger partial charge in [0, 0.05) is 39.5 Å². The van der Waals surface area contributed by atoms with Crippen LogP contribution in [0.3, 0.4) is 0 Å². The monoisotopic (exact) mass is 864 g/mol. The van der Waals surface area contributed by atoms with Crippen molar-refractivity contribution in [1.29, 1.82) is 0 Å². The van der Waals surface area contributed by atoms with Crippen molar-refractivity contribution in [2.24, 2.45) is 11.8 Å². The smallest absolute Gasteiger partial charge is 0.407 e. The van der Waals surface area contributed by atoms with Gasteiger partial charge in [0.15, 0.2) is 0 Å². The van der Waals surface area contributed by atoms with Crippen molar-refractivity contribution >= 4 is 24.0 Å². The number of hydrogen-bond donors (Lipinski definition) is 4. The molecule has 5 aliphatic rings. The average molecular weight is 865 g/mol. The maximum absolute atomic E-state index is 14.1. The van der Waals surface area contributed by atoms with Crippen molar-refractivity contribution in [3.05, 3.63) is 71.6 Å². The van der Waals surface area contributed by atoms with Gasteiger partial charge in [0.2, 0.25) is 11.8 Å². The molecule has 0 radical (unpaired) electrons. The van der Waals surface area contributed by atoms with Gasteiger partial charge in [-0.2, -0.15) is 0 Å². The molecule has 63 heavy (non-hydrogen) atoms. The fraction of sp³-hybridized carbons (Fsp3) is 0.522. The number of nitrogens with zero attached hydrogens (tertiary/aromatic N) is 4. The van der Waals surface area contributed by atoms with Crippen LogP contribution in [0, 0.1) is 11.8 Å². The molecule has 4 saturated heterocycles. The van der Waals surface area contributed by atoms with Gasteiger partial charge in [0.1, 0.15) is 23.7 Å². The second kappa shape index (κ2) is 18.9. The van der Waals surface area contributed by atoms with E-state index in [1.807, 2.05) is 22.2 Å². The summed E-state index contributed by atoms with van der Waals surface area (Å²) in [4.78, 5) is 73.1. The number of nitrogens with one attached hydrogen (secondary N) is 4. The Balaban J connectivity index is 0.899. The zero-order valence-electron chi connectivity index (χ0n) is 35.9. The number of hydrogen-bond acceptors (Lipinski definition) is 11. The van der Waals surface area contributed by atoms with Crippen molar-refractivity contribution in [3.8, 4) is 33.6 Å². The van der Waals surface area contributed by atoms with Crippen LogP contribution >= 0.6 is 0 Å². The number of imidazole rings is 2. The molecule has 0 saturated carbocycles. The van der Waals surface area contributed by atoms with Gasteiger partial charge in [0.25, 0.3) is 0 Å². The molecule has 4 aromatic rings. The first-order valence-electron chi connectivity index (χ1n) is 22.2. The van der Waals surface area contributed by atoms with Crippen LogP contribution in [0.15, 0.2) is 48.8 Å². The standard InChI is InChI=1S/C46H56N8O9/c1-59-45(57)51-39(27-11-17-61-18-12-27)43(55)53-15-3-5-37(53)41-47-23-35(49-41)29-7-9-33-31(21-29)25-63-26-32-22-30(8-10-34(32)33)36-24-48-42(50-36)38-6-4-16-54(38)44(56)40(52-46(58)60-2)28-13-19-62-20-14-28/h7-10,21-24,27-28,37-40H,3-6,11-20,25-26H2,1-2H3,(H,47,49)(H,48,50)(H,51,57)(H,52,58)/t37-,38-,39-,40-/m0/s1. The van der Waals surface area contributed by atoms with E-state index in [0.29, 0.717) is 90.1 Å². The highest BCUT2D eigenvalue weighted by atomic mass is 16.5. The highest BCUT2D eigenvalue weighted by molar-refractivity contribution is 5.87. The van der Waals surface area contributed by atoms with Gasteiger partial charge < -0.3 is 54.1 Å². The van der Waals surface area contributed by atoms with Crippen LogP contribution in [-0.2, 0) is 46.5 Å². The first-order valence-corrected chi connectivity index (χ1v) is 22.2. The largest absolute Gasteiger partial charge is 0.453 e. The summed E-state index contributed by atoms with van der Waals surface area (Å²) in [5.74, 6) is 1.11. The molecule has 4 amide bonds. The molecular formula is C46H56N8O9. The van der Waals surface area contributed by atoms with Crippen LogP contribution in [0.2, 0.25) is 0 Å². The van der Waals surface area contributed by atoms with E-state index in [4.69, 9.17) is 33.7 Å². The van der Waals surface area contributed by atoms with Gasteiger partial charge in [-0.25, -0.2) is 19.6 Å². The zero-order chi connectivity index (χ0) is 43.5. The van der Waals surface area contributed by atoms with Crippen molar-refractivity contribution in [3.63, 3.8) is 0 Å². The number of amides is 4. The Morgan fingerprint density at radius 2 is 1.06 bits per heavy atom. The molecular weight excluding hydrogens is 809 g/mol. The Labute approximate surface area is 365 Å². The van der Waals surface area contributed by atoms with Gasteiger partial charge in [-0.05, 0) is 109 Å². The minimum Gasteiger partial charge on any atom is -0.453 e. The molecule has 0 spiro atoms. The second-order valence-electron chi connectivity index (χ2n) is 17.1. The van der Waals surface area contributed by atoms with Gasteiger partial charge in [-0.1, -0.05) is 24.3 Å². The molecule has 4 fully saturated rings. The van der Waals surface area contributed by atoms with Gasteiger partial charge in [-0.3, -0.25) is 9.59 Å². The number of carbonyl (C=O) groups excluding carboxylic acids is 4. The first kappa shape index (κ1) is 42.5. The van der Waals surface area contributed by atoms with Gasteiger partial charge >= 0.3 is 12.2 Å². The van der Waals surface area contributed by atoms with E-state index in [2.05, 4.69) is 57.0 Å². The van der Waals surface area contributed by atoms with Crippen LogP contribution < -0.4 is 10.6 Å². The summed E-state index contributed by atoms with van der Waals surface area (Å²) in [6.45, 7) is 4.23. The summed E-state index contributed by atoms with van der Waals surface area (Å²) < 4.78 is 27.1. The number of benzene rings is 2. The average Bonchev–Trinajstić information content (AvgIpc) is 4.17. The minimum absolute atomic E-state index is 0.0388. The summed E-state index contributed by atoms with van der Waals surface area (Å²) in [5, 5.41) is 5.64. The lowest BCUT2D eigenvalue weighted by atomic mass is 9.90. The van der Waals surface area contributed by atoms with Crippen LogP contribution in [0.1, 0.15) is 86.2 Å². The van der Waals surface area contributed by atoms with E-state index in [0.717, 1.165) is 70.5 Å². The Morgan fingerprint density at radius 1 is 0.635 bits per heavy atom. The summed E-state index contributed by atoms with van der Waals surface area (Å²) in [5.41, 5.74) is 7.90. The van der Waals surface area contributed by atoms with E-state index in [1.165, 1.54) is 14.2 Å². The Bertz CT molecular complexity index is 2140. The Kier molecular flexibility index (Phi) is 12.8. The van der Waals surface area contributed by atoms with Crippen LogP contribution in [-0.4, -0.2) is 120 Å². The number of alkyl carbamates (subject to hydrolysis) is 2. The SMILES string of the molecule is COC(=O)N[C@H](C(=O)N1CCC[C@H]1c1ncc(-c2ccc3c(c2)COCc2cc(-c4cnc([C@@H]5CCCN5C(=O)[C@@H](NC(=O)OC)C5CCOCC5)[nH]4)ccc2-3)[nH]1)C1CCOCC1. The normalized spacial score (nSPS) is 21.5. The fourth-order valence-corrected chi connectivity index (χ4v) is 10.1. The number of carbonyl (C=O) groups is 4. The molecule has 4 atom stereocenters. The van der Waals surface area contributed by atoms with E-state index in [1.54, 1.807) is 0 Å². The molecule has 2 aromatic heterocycles. The third-order valence-corrected chi connectivity index (χ3v) is 13.5.